The molecule has 0 saturated heterocycles. The highest BCUT2D eigenvalue weighted by Gasteiger charge is 2.19. The fourth-order valence-corrected chi connectivity index (χ4v) is 3.14. The first-order valence-electron chi connectivity index (χ1n) is 8.72. The zero-order valence-electron chi connectivity index (χ0n) is 16.6. The molecule has 7 heteroatoms. The Morgan fingerprint density at radius 1 is 0.828 bits per heavy atom. The van der Waals surface area contributed by atoms with Crippen LogP contribution in [0.3, 0.4) is 0 Å². The van der Waals surface area contributed by atoms with E-state index in [-0.39, 0.29) is 11.4 Å². The SMILES string of the molecule is COc1ccccc1-c1cc(-c2cc(OC)c(OC)c(OC)c2)c(C#N)c(N)n1. The number of para-hydroxylation sites is 1. The summed E-state index contributed by atoms with van der Waals surface area (Å²) >= 11 is 0. The van der Waals surface area contributed by atoms with Crippen LogP contribution in [0, 0.1) is 11.3 Å². The Balaban J connectivity index is 2.30. The molecule has 3 rings (SSSR count). The van der Waals surface area contributed by atoms with E-state index in [1.807, 2.05) is 24.3 Å². The minimum absolute atomic E-state index is 0.125. The van der Waals surface area contributed by atoms with Crippen LogP contribution in [0.15, 0.2) is 42.5 Å². The van der Waals surface area contributed by atoms with Crippen molar-refractivity contribution < 1.29 is 18.9 Å². The fourth-order valence-electron chi connectivity index (χ4n) is 3.14. The largest absolute Gasteiger partial charge is 0.496 e. The van der Waals surface area contributed by atoms with E-state index in [2.05, 4.69) is 11.1 Å². The van der Waals surface area contributed by atoms with E-state index in [0.717, 1.165) is 5.56 Å². The normalized spacial score (nSPS) is 10.2. The Kier molecular flexibility index (Phi) is 5.74. The van der Waals surface area contributed by atoms with Crippen LogP contribution in [0.2, 0.25) is 0 Å². The van der Waals surface area contributed by atoms with E-state index in [4.69, 9.17) is 24.7 Å². The second kappa shape index (κ2) is 8.40. The molecule has 7 nitrogen and oxygen atoms in total. The van der Waals surface area contributed by atoms with Gasteiger partial charge in [-0.2, -0.15) is 5.26 Å². The molecule has 3 aromatic rings. The van der Waals surface area contributed by atoms with Gasteiger partial charge in [-0.1, -0.05) is 12.1 Å². The molecule has 0 spiro atoms. The highest BCUT2D eigenvalue weighted by Crippen LogP contribution is 2.43. The van der Waals surface area contributed by atoms with Gasteiger partial charge >= 0.3 is 0 Å². The Morgan fingerprint density at radius 2 is 1.45 bits per heavy atom. The molecule has 29 heavy (non-hydrogen) atoms. The van der Waals surface area contributed by atoms with E-state index in [0.29, 0.717) is 39.8 Å². The second-order valence-corrected chi connectivity index (χ2v) is 6.04. The van der Waals surface area contributed by atoms with Gasteiger partial charge in [0.1, 0.15) is 23.2 Å². The standard InChI is InChI=1S/C22H21N3O4/c1-26-18-8-6-5-7-14(18)17-11-15(16(12-23)22(24)25-17)13-9-19(27-2)21(29-4)20(10-13)28-3/h5-11H,1-4H3,(H2,24,25). The molecule has 0 aliphatic heterocycles. The quantitative estimate of drug-likeness (QED) is 0.680. The summed E-state index contributed by atoms with van der Waals surface area (Å²) in [6, 6.07) is 14.9. The number of hydrogen-bond acceptors (Lipinski definition) is 7. The van der Waals surface area contributed by atoms with Crippen molar-refractivity contribution in [2.75, 3.05) is 34.2 Å². The first-order chi connectivity index (χ1) is 14.1. The number of aromatic nitrogens is 1. The van der Waals surface area contributed by atoms with Crippen molar-refractivity contribution in [3.63, 3.8) is 0 Å². The van der Waals surface area contributed by atoms with Crippen molar-refractivity contribution in [1.82, 2.24) is 4.98 Å². The molecule has 0 amide bonds. The smallest absolute Gasteiger partial charge is 0.203 e. The average Bonchev–Trinajstić information content (AvgIpc) is 2.77. The third-order valence-corrected chi connectivity index (χ3v) is 4.52. The minimum atomic E-state index is 0.125. The molecule has 0 aliphatic rings. The highest BCUT2D eigenvalue weighted by molar-refractivity contribution is 5.83. The molecule has 2 N–H and O–H groups in total. The van der Waals surface area contributed by atoms with Crippen LogP contribution in [0.5, 0.6) is 23.0 Å². The van der Waals surface area contributed by atoms with Crippen LogP contribution in [-0.4, -0.2) is 33.4 Å². The highest BCUT2D eigenvalue weighted by atomic mass is 16.5. The zero-order valence-corrected chi connectivity index (χ0v) is 16.6. The number of pyridine rings is 1. The Labute approximate surface area is 169 Å². The molecule has 1 heterocycles. The van der Waals surface area contributed by atoms with Crippen molar-refractivity contribution in [3.8, 4) is 51.5 Å². The maximum atomic E-state index is 9.69. The topological polar surface area (TPSA) is 99.6 Å². The van der Waals surface area contributed by atoms with Crippen molar-refractivity contribution in [2.45, 2.75) is 0 Å². The predicted molar refractivity (Wildman–Crippen MR) is 110 cm³/mol. The number of methoxy groups -OCH3 is 4. The van der Waals surface area contributed by atoms with E-state index >= 15 is 0 Å². The predicted octanol–water partition coefficient (Wildman–Crippen LogP) is 3.90. The monoisotopic (exact) mass is 391 g/mol. The number of nitrogens with two attached hydrogens (primary N) is 1. The molecule has 0 radical (unpaired) electrons. The van der Waals surface area contributed by atoms with Crippen LogP contribution in [-0.2, 0) is 0 Å². The number of ether oxygens (including phenoxy) is 4. The van der Waals surface area contributed by atoms with Crippen LogP contribution >= 0.6 is 0 Å². The van der Waals surface area contributed by atoms with Gasteiger partial charge in [-0.25, -0.2) is 4.98 Å². The molecular formula is C22H21N3O4. The maximum Gasteiger partial charge on any atom is 0.203 e. The number of nitrogens with zero attached hydrogens (tertiary/aromatic N) is 2. The van der Waals surface area contributed by atoms with Gasteiger partial charge in [-0.05, 0) is 35.9 Å². The van der Waals surface area contributed by atoms with Gasteiger partial charge in [0.25, 0.3) is 0 Å². The molecule has 1 aromatic heterocycles. The zero-order chi connectivity index (χ0) is 21.0. The van der Waals surface area contributed by atoms with Crippen molar-refractivity contribution >= 4 is 5.82 Å². The summed E-state index contributed by atoms with van der Waals surface area (Å²) < 4.78 is 21.7. The molecule has 0 saturated carbocycles. The first-order valence-corrected chi connectivity index (χ1v) is 8.72. The van der Waals surface area contributed by atoms with Gasteiger partial charge in [0, 0.05) is 11.1 Å². The van der Waals surface area contributed by atoms with Crippen LogP contribution in [0.25, 0.3) is 22.4 Å². The average molecular weight is 391 g/mol. The van der Waals surface area contributed by atoms with Crippen LogP contribution in [0.4, 0.5) is 5.82 Å². The lowest BCUT2D eigenvalue weighted by Crippen LogP contribution is -2.01. The molecule has 2 aromatic carbocycles. The third kappa shape index (κ3) is 3.60. The molecule has 0 fully saturated rings. The number of hydrogen-bond donors (Lipinski definition) is 1. The van der Waals surface area contributed by atoms with E-state index in [1.165, 1.54) is 21.3 Å². The lowest BCUT2D eigenvalue weighted by atomic mass is 9.97. The van der Waals surface area contributed by atoms with Gasteiger partial charge in [0.05, 0.1) is 34.1 Å². The van der Waals surface area contributed by atoms with Crippen molar-refractivity contribution in [2.24, 2.45) is 0 Å². The summed E-state index contributed by atoms with van der Waals surface area (Å²) in [6.07, 6.45) is 0. The molecule has 0 unspecified atom stereocenters. The second-order valence-electron chi connectivity index (χ2n) is 6.04. The Morgan fingerprint density at radius 3 is 2.00 bits per heavy atom. The number of rotatable bonds is 6. The molecule has 148 valence electrons. The summed E-state index contributed by atoms with van der Waals surface area (Å²) in [4.78, 5) is 4.42. The van der Waals surface area contributed by atoms with E-state index in [9.17, 15) is 5.26 Å². The van der Waals surface area contributed by atoms with E-state index in [1.54, 1.807) is 25.3 Å². The summed E-state index contributed by atoms with van der Waals surface area (Å²) in [5.41, 5.74) is 9.03. The molecule has 0 atom stereocenters. The summed E-state index contributed by atoms with van der Waals surface area (Å²) in [6.45, 7) is 0. The molecular weight excluding hydrogens is 370 g/mol. The third-order valence-electron chi connectivity index (χ3n) is 4.52. The number of nitriles is 1. The van der Waals surface area contributed by atoms with Crippen molar-refractivity contribution in [3.05, 3.63) is 48.0 Å². The van der Waals surface area contributed by atoms with Gasteiger partial charge in [-0.15, -0.1) is 0 Å². The van der Waals surface area contributed by atoms with Crippen molar-refractivity contribution in [1.29, 1.82) is 5.26 Å². The van der Waals surface area contributed by atoms with Crippen LogP contribution in [0.1, 0.15) is 5.56 Å². The van der Waals surface area contributed by atoms with E-state index < -0.39 is 0 Å². The summed E-state index contributed by atoms with van der Waals surface area (Å²) in [5, 5.41) is 9.69. The summed E-state index contributed by atoms with van der Waals surface area (Å²) in [5.74, 6) is 2.18. The minimum Gasteiger partial charge on any atom is -0.496 e. The lowest BCUT2D eigenvalue weighted by Gasteiger charge is -2.16. The number of anilines is 1. The maximum absolute atomic E-state index is 9.69. The molecule has 0 aliphatic carbocycles. The number of nitrogen functional groups attached to an aromatic ring is 1. The summed E-state index contributed by atoms with van der Waals surface area (Å²) in [7, 11) is 6.19. The van der Waals surface area contributed by atoms with Gasteiger partial charge < -0.3 is 24.7 Å². The lowest BCUT2D eigenvalue weighted by molar-refractivity contribution is 0.324. The molecule has 0 bridgehead atoms. The first kappa shape index (κ1) is 19.8. The van der Waals surface area contributed by atoms with Gasteiger partial charge in [-0.3, -0.25) is 0 Å². The Hall–Kier alpha value is -3.92. The fraction of sp³-hybridized carbons (Fsp3) is 0.182. The number of benzene rings is 2. The Bertz CT molecular complexity index is 1060. The van der Waals surface area contributed by atoms with Gasteiger partial charge in [0.15, 0.2) is 11.5 Å². The van der Waals surface area contributed by atoms with Crippen LogP contribution < -0.4 is 24.7 Å². The van der Waals surface area contributed by atoms with Gasteiger partial charge in [0.2, 0.25) is 5.75 Å².